The first-order valence-corrected chi connectivity index (χ1v) is 7.20. The van der Waals surface area contributed by atoms with E-state index in [9.17, 15) is 4.79 Å². The van der Waals surface area contributed by atoms with Crippen molar-refractivity contribution in [2.24, 2.45) is 5.73 Å². The summed E-state index contributed by atoms with van der Waals surface area (Å²) in [6.45, 7) is 4.45. The number of thiocarbonyl (C=S) groups is 1. The molecule has 0 aliphatic rings. The van der Waals surface area contributed by atoms with Crippen molar-refractivity contribution in [3.8, 4) is 0 Å². The number of carbonyl (C=O) groups excluding carboxylic acids is 1. The molecule has 1 aromatic carbocycles. The summed E-state index contributed by atoms with van der Waals surface area (Å²) in [6, 6.07) is 7.16. The zero-order valence-electron chi connectivity index (χ0n) is 12.4. The number of amides is 1. The van der Waals surface area contributed by atoms with E-state index in [-0.39, 0.29) is 5.91 Å². The van der Waals surface area contributed by atoms with Crippen LogP contribution in [0.2, 0.25) is 0 Å². The molecule has 0 spiro atoms. The van der Waals surface area contributed by atoms with Crippen LogP contribution in [0.3, 0.4) is 0 Å². The highest BCUT2D eigenvalue weighted by molar-refractivity contribution is 7.80. The number of nitrogens with zero attached hydrogens (tertiary/aromatic N) is 2. The van der Waals surface area contributed by atoms with Crippen molar-refractivity contribution >= 4 is 23.1 Å². The van der Waals surface area contributed by atoms with Gasteiger partial charge < -0.3 is 15.5 Å². The normalized spacial score (nSPS) is 10.6. The van der Waals surface area contributed by atoms with Crippen molar-refractivity contribution in [2.75, 3.05) is 33.7 Å². The fourth-order valence-corrected chi connectivity index (χ4v) is 2.08. The molecule has 4 nitrogen and oxygen atoms in total. The SMILES string of the molecule is CCN(CCCN(C)C)C(=O)c1ccc(C(N)=S)cc1. The van der Waals surface area contributed by atoms with E-state index in [2.05, 4.69) is 4.90 Å². The van der Waals surface area contributed by atoms with Crippen LogP contribution in [0.1, 0.15) is 29.3 Å². The van der Waals surface area contributed by atoms with Gasteiger partial charge in [0.2, 0.25) is 0 Å². The molecule has 0 fully saturated rings. The number of carbonyl (C=O) groups is 1. The molecule has 1 amide bonds. The number of benzene rings is 1. The van der Waals surface area contributed by atoms with Crippen LogP contribution in [0, 0.1) is 0 Å². The van der Waals surface area contributed by atoms with Crippen LogP contribution in [-0.2, 0) is 0 Å². The molecule has 5 heteroatoms. The topological polar surface area (TPSA) is 49.6 Å². The molecule has 110 valence electrons. The van der Waals surface area contributed by atoms with E-state index in [1.165, 1.54) is 0 Å². The third-order valence-corrected chi connectivity index (χ3v) is 3.35. The highest BCUT2D eigenvalue weighted by Crippen LogP contribution is 2.08. The van der Waals surface area contributed by atoms with Crippen LogP contribution in [0.15, 0.2) is 24.3 Å². The number of nitrogens with two attached hydrogens (primary N) is 1. The van der Waals surface area contributed by atoms with Gasteiger partial charge in [0.1, 0.15) is 4.99 Å². The summed E-state index contributed by atoms with van der Waals surface area (Å²) in [4.78, 5) is 16.7. The van der Waals surface area contributed by atoms with E-state index >= 15 is 0 Å². The quantitative estimate of drug-likeness (QED) is 0.778. The second-order valence-corrected chi connectivity index (χ2v) is 5.42. The Morgan fingerprint density at radius 2 is 1.70 bits per heavy atom. The minimum Gasteiger partial charge on any atom is -0.389 e. The number of rotatable bonds is 7. The minimum atomic E-state index is 0.0562. The van der Waals surface area contributed by atoms with Crippen LogP contribution < -0.4 is 5.73 Å². The Hall–Kier alpha value is -1.46. The number of hydrogen-bond donors (Lipinski definition) is 1. The van der Waals surface area contributed by atoms with Gasteiger partial charge in [0, 0.05) is 24.2 Å². The molecule has 0 saturated carbocycles. The molecule has 0 bridgehead atoms. The van der Waals surface area contributed by atoms with Gasteiger partial charge in [-0.3, -0.25) is 4.79 Å². The molecule has 20 heavy (non-hydrogen) atoms. The Kier molecular flexibility index (Phi) is 6.61. The molecule has 0 aromatic heterocycles. The maximum absolute atomic E-state index is 12.4. The van der Waals surface area contributed by atoms with E-state index in [0.29, 0.717) is 17.1 Å². The average molecular weight is 293 g/mol. The van der Waals surface area contributed by atoms with Gasteiger partial charge in [-0.05, 0) is 46.1 Å². The second kappa shape index (κ2) is 7.97. The lowest BCUT2D eigenvalue weighted by Gasteiger charge is -2.22. The third kappa shape index (κ3) is 4.90. The van der Waals surface area contributed by atoms with Crippen LogP contribution in [0.4, 0.5) is 0 Å². The van der Waals surface area contributed by atoms with Crippen LogP contribution in [0.25, 0.3) is 0 Å². The zero-order valence-corrected chi connectivity index (χ0v) is 13.2. The standard InChI is InChI=1S/C15H23N3OS/c1-4-18(11-5-10-17(2)3)15(19)13-8-6-12(7-9-13)14(16)20/h6-9H,4-5,10-11H2,1-3H3,(H2,16,20). The summed E-state index contributed by atoms with van der Waals surface area (Å²) in [7, 11) is 4.07. The molecular weight excluding hydrogens is 270 g/mol. The smallest absolute Gasteiger partial charge is 0.253 e. The van der Waals surface area contributed by atoms with E-state index in [1.807, 2.05) is 25.9 Å². The predicted octanol–water partition coefficient (Wildman–Crippen LogP) is 1.73. The Morgan fingerprint density at radius 1 is 1.15 bits per heavy atom. The second-order valence-electron chi connectivity index (χ2n) is 4.98. The Bertz CT molecular complexity index is 457. The first-order chi connectivity index (χ1) is 9.45. The first-order valence-electron chi connectivity index (χ1n) is 6.79. The fraction of sp³-hybridized carbons (Fsp3) is 0.467. The van der Waals surface area contributed by atoms with E-state index < -0.39 is 0 Å². The minimum absolute atomic E-state index is 0.0562. The van der Waals surface area contributed by atoms with Gasteiger partial charge in [0.05, 0.1) is 0 Å². The van der Waals surface area contributed by atoms with Gasteiger partial charge in [-0.1, -0.05) is 24.4 Å². The fourth-order valence-electron chi connectivity index (χ4n) is 1.94. The monoisotopic (exact) mass is 293 g/mol. The maximum Gasteiger partial charge on any atom is 0.253 e. The molecular formula is C15H23N3OS. The van der Waals surface area contributed by atoms with Crippen molar-refractivity contribution < 1.29 is 4.79 Å². The molecule has 0 saturated heterocycles. The summed E-state index contributed by atoms with van der Waals surface area (Å²) < 4.78 is 0. The largest absolute Gasteiger partial charge is 0.389 e. The summed E-state index contributed by atoms with van der Waals surface area (Å²) in [5.41, 5.74) is 7.01. The summed E-state index contributed by atoms with van der Waals surface area (Å²) in [5.74, 6) is 0.0562. The van der Waals surface area contributed by atoms with Crippen LogP contribution in [0.5, 0.6) is 0 Å². The van der Waals surface area contributed by atoms with E-state index in [1.54, 1.807) is 24.3 Å². The van der Waals surface area contributed by atoms with Crippen molar-refractivity contribution in [1.29, 1.82) is 0 Å². The molecule has 1 rings (SSSR count). The molecule has 0 heterocycles. The van der Waals surface area contributed by atoms with Gasteiger partial charge in [-0.25, -0.2) is 0 Å². The van der Waals surface area contributed by atoms with Gasteiger partial charge in [-0.15, -0.1) is 0 Å². The van der Waals surface area contributed by atoms with Gasteiger partial charge in [0.15, 0.2) is 0 Å². The molecule has 0 atom stereocenters. The molecule has 2 N–H and O–H groups in total. The summed E-state index contributed by atoms with van der Waals surface area (Å²) in [6.07, 6.45) is 0.970. The van der Waals surface area contributed by atoms with E-state index in [0.717, 1.165) is 25.1 Å². The van der Waals surface area contributed by atoms with Gasteiger partial charge in [-0.2, -0.15) is 0 Å². The molecule has 0 unspecified atom stereocenters. The van der Waals surface area contributed by atoms with Gasteiger partial charge in [0.25, 0.3) is 5.91 Å². The van der Waals surface area contributed by atoms with Crippen molar-refractivity contribution in [3.63, 3.8) is 0 Å². The Morgan fingerprint density at radius 3 is 2.15 bits per heavy atom. The van der Waals surface area contributed by atoms with Crippen LogP contribution in [-0.4, -0.2) is 54.4 Å². The van der Waals surface area contributed by atoms with Gasteiger partial charge >= 0.3 is 0 Å². The Labute approximate surface area is 126 Å². The highest BCUT2D eigenvalue weighted by atomic mass is 32.1. The van der Waals surface area contributed by atoms with Crippen LogP contribution >= 0.6 is 12.2 Å². The summed E-state index contributed by atoms with van der Waals surface area (Å²) in [5, 5.41) is 0. The predicted molar refractivity (Wildman–Crippen MR) is 87.1 cm³/mol. The lowest BCUT2D eigenvalue weighted by atomic mass is 10.1. The summed E-state index contributed by atoms with van der Waals surface area (Å²) >= 11 is 4.90. The lowest BCUT2D eigenvalue weighted by Crippen LogP contribution is -2.33. The average Bonchev–Trinajstić information content (AvgIpc) is 2.42. The molecule has 0 radical (unpaired) electrons. The number of hydrogen-bond acceptors (Lipinski definition) is 3. The van der Waals surface area contributed by atoms with Crippen molar-refractivity contribution in [2.45, 2.75) is 13.3 Å². The Balaban J connectivity index is 2.67. The molecule has 0 aliphatic heterocycles. The third-order valence-electron chi connectivity index (χ3n) is 3.12. The van der Waals surface area contributed by atoms with Crippen molar-refractivity contribution in [1.82, 2.24) is 9.80 Å². The lowest BCUT2D eigenvalue weighted by molar-refractivity contribution is 0.0759. The zero-order chi connectivity index (χ0) is 15.1. The maximum atomic E-state index is 12.4. The molecule has 1 aromatic rings. The highest BCUT2D eigenvalue weighted by Gasteiger charge is 2.13. The van der Waals surface area contributed by atoms with E-state index in [4.69, 9.17) is 18.0 Å². The molecule has 0 aliphatic carbocycles. The van der Waals surface area contributed by atoms with Crippen molar-refractivity contribution in [3.05, 3.63) is 35.4 Å². The first kappa shape index (κ1) is 16.6.